The van der Waals surface area contributed by atoms with Gasteiger partial charge in [-0.05, 0) is 33.1 Å². The lowest BCUT2D eigenvalue weighted by Crippen LogP contribution is -2.34. The molecule has 3 heterocycles. The van der Waals surface area contributed by atoms with Crippen molar-refractivity contribution >= 4 is 48.0 Å². The molecule has 0 bridgehead atoms. The Kier molecular flexibility index (Phi) is 11.6. The largest absolute Gasteiger partial charge is 0.465 e. The first-order valence-electron chi connectivity index (χ1n) is 13.8. The van der Waals surface area contributed by atoms with E-state index in [0.29, 0.717) is 24.0 Å². The minimum atomic E-state index is -3.72. The van der Waals surface area contributed by atoms with Gasteiger partial charge in [-0.1, -0.05) is 26.7 Å². The van der Waals surface area contributed by atoms with Crippen molar-refractivity contribution in [2.24, 2.45) is 4.76 Å². The second-order valence-corrected chi connectivity index (χ2v) is 12.3. The van der Waals surface area contributed by atoms with Crippen LogP contribution >= 0.6 is 7.44 Å². The average Bonchev–Trinajstić information content (AvgIpc) is 3.50. The van der Waals surface area contributed by atoms with Crippen LogP contribution in [-0.4, -0.2) is 79.9 Å². The molecule has 0 spiro atoms. The van der Waals surface area contributed by atoms with Gasteiger partial charge in [0, 0.05) is 12.6 Å². The van der Waals surface area contributed by atoms with Crippen LogP contribution in [0, 0.1) is 0 Å². The standard InChI is InChI=1S/C25H41N8O7P/c1-5-7-10-38-23(35)15(3)31-41(37,32-16(4)24(36)39-11-8-6-2)12-9-17-13-18(34)22(40-17)33-14-28-19-20(26)29-25(27)30-21(19)33/h14-15,17-18,22,34H,5-13H2,1-4H3,(H,31,37)(H4,26,27,29,30)/t15-,17+,18+,22+,41?/m0/s1. The van der Waals surface area contributed by atoms with E-state index in [0.717, 1.165) is 12.8 Å². The van der Waals surface area contributed by atoms with E-state index in [9.17, 15) is 19.3 Å². The summed E-state index contributed by atoms with van der Waals surface area (Å²) in [6, 6.07) is -0.943. The van der Waals surface area contributed by atoms with Gasteiger partial charge in [0.15, 0.2) is 17.7 Å². The number of carbonyl (C=O) groups is 2. The maximum absolute atomic E-state index is 14.0. The number of nitrogens with one attached hydrogen (secondary N) is 1. The van der Waals surface area contributed by atoms with E-state index in [1.165, 1.54) is 24.7 Å². The minimum Gasteiger partial charge on any atom is -0.465 e. The molecule has 2 aromatic rings. The van der Waals surface area contributed by atoms with Crippen molar-refractivity contribution in [2.45, 2.75) is 90.7 Å². The van der Waals surface area contributed by atoms with Crippen LogP contribution in [0.25, 0.3) is 11.2 Å². The summed E-state index contributed by atoms with van der Waals surface area (Å²) in [5, 5.41) is 13.6. The topological polar surface area (TPSA) is 219 Å². The van der Waals surface area contributed by atoms with E-state index in [-0.39, 0.29) is 49.7 Å². The molecule has 1 saturated heterocycles. The van der Waals surface area contributed by atoms with Crippen LogP contribution in [0.4, 0.5) is 11.8 Å². The number of esters is 2. The number of carbonyl (C=O) groups excluding carboxylic acids is 2. The van der Waals surface area contributed by atoms with Crippen LogP contribution in [0.5, 0.6) is 0 Å². The van der Waals surface area contributed by atoms with E-state index in [4.69, 9.17) is 25.7 Å². The third kappa shape index (κ3) is 8.68. The van der Waals surface area contributed by atoms with Gasteiger partial charge in [-0.3, -0.25) is 13.9 Å². The molecule has 41 heavy (non-hydrogen) atoms. The lowest BCUT2D eigenvalue weighted by Gasteiger charge is -2.22. The monoisotopic (exact) mass is 596 g/mol. The van der Waals surface area contributed by atoms with E-state index >= 15 is 0 Å². The molecule has 0 aliphatic carbocycles. The van der Waals surface area contributed by atoms with E-state index in [1.807, 2.05) is 13.8 Å². The normalized spacial score (nSPS) is 21.5. The van der Waals surface area contributed by atoms with Gasteiger partial charge in [0.1, 0.15) is 23.4 Å². The molecule has 0 radical (unpaired) electrons. The molecular weight excluding hydrogens is 555 g/mol. The van der Waals surface area contributed by atoms with Crippen molar-refractivity contribution in [3.63, 3.8) is 0 Å². The fraction of sp³-hybridized carbons (Fsp3) is 0.680. The summed E-state index contributed by atoms with van der Waals surface area (Å²) in [7, 11) is -3.72. The first kappa shape index (κ1) is 32.4. The number of hydrogen-bond acceptors (Lipinski definition) is 12. The zero-order valence-corrected chi connectivity index (χ0v) is 24.9. The molecule has 228 valence electrons. The molecule has 1 unspecified atom stereocenters. The Morgan fingerprint density at radius 2 is 1.93 bits per heavy atom. The molecule has 0 amide bonds. The zero-order valence-electron chi connectivity index (χ0n) is 24.0. The Morgan fingerprint density at radius 3 is 2.61 bits per heavy atom. The summed E-state index contributed by atoms with van der Waals surface area (Å²) in [5.41, 5.74) is 12.2. The molecule has 16 heteroatoms. The second-order valence-electron chi connectivity index (χ2n) is 10.0. The zero-order chi connectivity index (χ0) is 30.2. The Bertz CT molecular complexity index is 1290. The van der Waals surface area contributed by atoms with Crippen LogP contribution in [0.15, 0.2) is 11.1 Å². The number of anilines is 2. The maximum atomic E-state index is 14.0. The maximum Gasteiger partial charge on any atom is 0.352 e. The molecule has 15 nitrogen and oxygen atoms in total. The van der Waals surface area contributed by atoms with Crippen molar-refractivity contribution in [2.75, 3.05) is 30.8 Å². The Labute approximate surface area is 238 Å². The molecule has 0 aromatic carbocycles. The molecule has 2 aromatic heterocycles. The number of fused-ring (bicyclic) bond motifs is 1. The Hall–Kier alpha value is -3.13. The van der Waals surface area contributed by atoms with Gasteiger partial charge in [-0.2, -0.15) is 9.97 Å². The highest BCUT2D eigenvalue weighted by atomic mass is 31.2. The SMILES string of the molecule is CCCCOC(=O)C(C)=NP(=O)(CC[C@@H]1C[C@@H](O)[C@H](n2cnc3c(N)nc(N)nc32)O1)N[C@@H](C)C(=O)OCCCC. The summed E-state index contributed by atoms with van der Waals surface area (Å²) in [6.45, 7) is 7.36. The minimum absolute atomic E-state index is 0.0448. The number of aliphatic hydroxyl groups excluding tert-OH is 1. The molecule has 0 saturated carbocycles. The van der Waals surface area contributed by atoms with Crippen molar-refractivity contribution in [3.8, 4) is 0 Å². The van der Waals surface area contributed by atoms with Crippen molar-refractivity contribution in [1.82, 2.24) is 24.6 Å². The molecule has 1 fully saturated rings. The summed E-state index contributed by atoms with van der Waals surface area (Å²) in [4.78, 5) is 37.2. The molecule has 6 N–H and O–H groups in total. The molecule has 3 rings (SSSR count). The third-order valence-electron chi connectivity index (χ3n) is 6.49. The first-order valence-corrected chi connectivity index (χ1v) is 15.7. The van der Waals surface area contributed by atoms with Crippen LogP contribution < -0.4 is 16.6 Å². The van der Waals surface area contributed by atoms with Crippen LogP contribution in [0.2, 0.25) is 0 Å². The fourth-order valence-electron chi connectivity index (χ4n) is 4.26. The highest BCUT2D eigenvalue weighted by Gasteiger charge is 2.38. The van der Waals surface area contributed by atoms with E-state index in [1.54, 1.807) is 0 Å². The quantitative estimate of drug-likeness (QED) is 0.100. The summed E-state index contributed by atoms with van der Waals surface area (Å²) in [6.07, 6.45) is 2.57. The lowest BCUT2D eigenvalue weighted by atomic mass is 10.1. The van der Waals surface area contributed by atoms with E-state index < -0.39 is 43.9 Å². The van der Waals surface area contributed by atoms with Gasteiger partial charge < -0.3 is 30.8 Å². The van der Waals surface area contributed by atoms with Crippen molar-refractivity contribution in [1.29, 1.82) is 0 Å². The number of unbranched alkanes of at least 4 members (excludes halogenated alkanes) is 2. The number of ether oxygens (including phenoxy) is 3. The van der Waals surface area contributed by atoms with Gasteiger partial charge >= 0.3 is 11.9 Å². The van der Waals surface area contributed by atoms with Gasteiger partial charge in [-0.15, -0.1) is 0 Å². The molecule has 1 aliphatic heterocycles. The van der Waals surface area contributed by atoms with Crippen LogP contribution in [-0.2, 0) is 28.4 Å². The van der Waals surface area contributed by atoms with Gasteiger partial charge in [0.05, 0.1) is 25.6 Å². The number of imidazole rings is 1. The third-order valence-corrected chi connectivity index (χ3v) is 8.77. The molecular formula is C25H41N8O7P. The first-order chi connectivity index (χ1) is 19.5. The number of rotatable bonds is 15. The smallest absolute Gasteiger partial charge is 0.352 e. The van der Waals surface area contributed by atoms with Gasteiger partial charge in [0.2, 0.25) is 5.95 Å². The number of hydrogen-bond donors (Lipinski definition) is 4. The average molecular weight is 597 g/mol. The number of aliphatic hydroxyl groups is 1. The van der Waals surface area contributed by atoms with Crippen molar-refractivity contribution in [3.05, 3.63) is 6.33 Å². The molecule has 1 aliphatic rings. The summed E-state index contributed by atoms with van der Waals surface area (Å²) >= 11 is 0. The number of nitrogen functional groups attached to an aromatic ring is 2. The fourth-order valence-corrected chi connectivity index (χ4v) is 6.47. The highest BCUT2D eigenvalue weighted by molar-refractivity contribution is 7.60. The number of aromatic nitrogens is 4. The predicted octanol–water partition coefficient (Wildman–Crippen LogP) is 2.35. The number of nitrogens with two attached hydrogens (primary N) is 2. The summed E-state index contributed by atoms with van der Waals surface area (Å²) in [5.74, 6) is -1.20. The van der Waals surface area contributed by atoms with Crippen LogP contribution in [0.3, 0.4) is 0 Å². The number of nitrogens with zero attached hydrogens (tertiary/aromatic N) is 5. The predicted molar refractivity (Wildman–Crippen MR) is 153 cm³/mol. The van der Waals surface area contributed by atoms with Gasteiger partial charge in [0.25, 0.3) is 7.44 Å². The Balaban J connectivity index is 1.74. The van der Waals surface area contributed by atoms with Crippen LogP contribution in [0.1, 0.15) is 72.4 Å². The van der Waals surface area contributed by atoms with E-state index in [2.05, 4.69) is 24.8 Å². The molecule has 5 atom stereocenters. The Morgan fingerprint density at radius 1 is 1.24 bits per heavy atom. The van der Waals surface area contributed by atoms with Gasteiger partial charge in [-0.25, -0.2) is 19.6 Å². The summed E-state index contributed by atoms with van der Waals surface area (Å²) < 4.78 is 36.3. The van der Waals surface area contributed by atoms with Crippen molar-refractivity contribution < 1.29 is 33.5 Å². The highest BCUT2D eigenvalue weighted by Crippen LogP contribution is 2.46. The second kappa shape index (κ2) is 14.7. The lowest BCUT2D eigenvalue weighted by molar-refractivity contribution is -0.145.